The number of halogens is 1. The molecule has 0 amide bonds. The van der Waals surface area contributed by atoms with E-state index >= 15 is 0 Å². The summed E-state index contributed by atoms with van der Waals surface area (Å²) < 4.78 is 0.959. The van der Waals surface area contributed by atoms with E-state index in [4.69, 9.17) is 0 Å². The monoisotopic (exact) mass is 382 g/mol. The summed E-state index contributed by atoms with van der Waals surface area (Å²) in [4.78, 5) is 17.9. The molecule has 2 aromatic carbocycles. The Hall–Kier alpha value is -1.65. The number of carbonyl (C=O) groups is 1. The van der Waals surface area contributed by atoms with Crippen LogP contribution in [0, 0.1) is 0 Å². The highest BCUT2D eigenvalue weighted by Crippen LogP contribution is 2.40. The molecule has 0 radical (unpaired) electrons. The molecule has 4 heteroatoms. The molecular formula is C20H19BrN2O. The molecule has 0 spiro atoms. The minimum Gasteiger partial charge on any atom is -0.367 e. The molecule has 0 saturated carbocycles. The Morgan fingerprint density at radius 1 is 0.833 bits per heavy atom. The fraction of sp³-hybridized carbons (Fsp3) is 0.350. The van der Waals surface area contributed by atoms with Gasteiger partial charge in [0.25, 0.3) is 0 Å². The van der Waals surface area contributed by atoms with Crippen molar-refractivity contribution in [1.82, 2.24) is 4.90 Å². The summed E-state index contributed by atoms with van der Waals surface area (Å²) in [5, 5.41) is 0. The first kappa shape index (κ1) is 14.7. The molecule has 3 nitrogen and oxygen atoms in total. The topological polar surface area (TPSA) is 23.6 Å². The van der Waals surface area contributed by atoms with E-state index in [1.54, 1.807) is 0 Å². The molecule has 0 aromatic heterocycles. The van der Waals surface area contributed by atoms with Gasteiger partial charge >= 0.3 is 0 Å². The van der Waals surface area contributed by atoms with E-state index in [2.05, 4.69) is 43.9 Å². The van der Waals surface area contributed by atoms with E-state index in [-0.39, 0.29) is 5.78 Å². The standard InChI is InChI=1S/C20H19BrN2O/c21-13-1-3-16-17-4-2-15(12-19(17)20(24)18(16)11-13)23-10-9-22-7-5-14(23)6-8-22/h1-4,11-12,14H,5-10H2. The lowest BCUT2D eigenvalue weighted by Crippen LogP contribution is -2.37. The van der Waals surface area contributed by atoms with Gasteiger partial charge in [0.1, 0.15) is 0 Å². The largest absolute Gasteiger partial charge is 0.367 e. The van der Waals surface area contributed by atoms with Crippen LogP contribution in [0.5, 0.6) is 0 Å². The highest BCUT2D eigenvalue weighted by atomic mass is 79.9. The van der Waals surface area contributed by atoms with Gasteiger partial charge in [-0.2, -0.15) is 0 Å². The first-order valence-electron chi connectivity index (χ1n) is 8.68. The van der Waals surface area contributed by atoms with Crippen LogP contribution in [-0.2, 0) is 0 Å². The zero-order valence-corrected chi connectivity index (χ0v) is 15.1. The molecule has 3 heterocycles. The van der Waals surface area contributed by atoms with Crippen LogP contribution in [0.15, 0.2) is 40.9 Å². The van der Waals surface area contributed by atoms with Crippen molar-refractivity contribution >= 4 is 27.4 Å². The molecule has 1 aliphatic carbocycles. The SMILES string of the molecule is O=C1c2cc(Br)ccc2-c2ccc(N3CCN4CCC3CC4)cc21. The van der Waals surface area contributed by atoms with Crippen molar-refractivity contribution in [3.8, 4) is 11.1 Å². The summed E-state index contributed by atoms with van der Waals surface area (Å²) in [7, 11) is 0. The molecule has 2 bridgehead atoms. The number of nitrogens with zero attached hydrogens (tertiary/aromatic N) is 2. The number of piperidine rings is 1. The van der Waals surface area contributed by atoms with Gasteiger partial charge in [-0.15, -0.1) is 0 Å². The number of anilines is 1. The Labute approximate surface area is 150 Å². The molecule has 4 aliphatic rings. The zero-order valence-electron chi connectivity index (χ0n) is 13.5. The number of rotatable bonds is 1. The average Bonchev–Trinajstić information content (AvgIpc) is 2.80. The molecule has 2 aromatic rings. The van der Waals surface area contributed by atoms with Gasteiger partial charge < -0.3 is 9.80 Å². The molecular weight excluding hydrogens is 364 g/mol. The number of fused-ring (bicyclic) bond motifs is 7. The second-order valence-electron chi connectivity index (χ2n) is 7.02. The van der Waals surface area contributed by atoms with Crippen molar-refractivity contribution in [2.24, 2.45) is 0 Å². The maximum Gasteiger partial charge on any atom is 0.194 e. The Bertz CT molecular complexity index is 840. The Morgan fingerprint density at radius 2 is 1.54 bits per heavy atom. The number of ketones is 1. The number of carbonyl (C=O) groups excluding carboxylic acids is 1. The van der Waals surface area contributed by atoms with E-state index in [0.717, 1.165) is 39.8 Å². The van der Waals surface area contributed by atoms with Crippen LogP contribution >= 0.6 is 15.9 Å². The van der Waals surface area contributed by atoms with E-state index in [0.29, 0.717) is 6.04 Å². The number of hydrogen-bond acceptors (Lipinski definition) is 3. The Morgan fingerprint density at radius 3 is 2.33 bits per heavy atom. The molecule has 24 heavy (non-hydrogen) atoms. The number of hydrogen-bond donors (Lipinski definition) is 0. The minimum atomic E-state index is 0.158. The molecule has 122 valence electrons. The highest BCUT2D eigenvalue weighted by molar-refractivity contribution is 9.10. The summed E-state index contributed by atoms with van der Waals surface area (Å²) in [5.74, 6) is 0.158. The molecule has 3 fully saturated rings. The van der Waals surface area contributed by atoms with Gasteiger partial charge in [-0.25, -0.2) is 0 Å². The van der Waals surface area contributed by atoms with Crippen LogP contribution in [0.25, 0.3) is 11.1 Å². The van der Waals surface area contributed by atoms with Gasteiger partial charge in [-0.3, -0.25) is 4.79 Å². The van der Waals surface area contributed by atoms with Crippen molar-refractivity contribution in [2.45, 2.75) is 18.9 Å². The van der Waals surface area contributed by atoms with Gasteiger partial charge in [0.2, 0.25) is 0 Å². The van der Waals surface area contributed by atoms with Crippen LogP contribution in [-0.4, -0.2) is 42.9 Å². The van der Waals surface area contributed by atoms with Crippen molar-refractivity contribution in [1.29, 1.82) is 0 Å². The van der Waals surface area contributed by atoms with Crippen LogP contribution in [0.3, 0.4) is 0 Å². The second-order valence-corrected chi connectivity index (χ2v) is 7.93. The fourth-order valence-corrected chi connectivity index (χ4v) is 4.81. The van der Waals surface area contributed by atoms with E-state index in [9.17, 15) is 4.79 Å². The Balaban J connectivity index is 1.56. The second kappa shape index (κ2) is 5.43. The number of benzene rings is 2. The van der Waals surface area contributed by atoms with Crippen molar-refractivity contribution in [3.63, 3.8) is 0 Å². The smallest absolute Gasteiger partial charge is 0.194 e. The predicted molar refractivity (Wildman–Crippen MR) is 99.8 cm³/mol. The average molecular weight is 383 g/mol. The van der Waals surface area contributed by atoms with Crippen molar-refractivity contribution in [2.75, 3.05) is 31.1 Å². The van der Waals surface area contributed by atoms with E-state index in [1.165, 1.54) is 31.6 Å². The van der Waals surface area contributed by atoms with Crippen LogP contribution in [0.1, 0.15) is 28.8 Å². The van der Waals surface area contributed by atoms with Gasteiger partial charge in [-0.05, 0) is 48.2 Å². The van der Waals surface area contributed by atoms with Gasteiger partial charge in [0.15, 0.2) is 5.78 Å². The van der Waals surface area contributed by atoms with Gasteiger partial charge in [-0.1, -0.05) is 28.1 Å². The summed E-state index contributed by atoms with van der Waals surface area (Å²) in [6.07, 6.45) is 2.47. The van der Waals surface area contributed by atoms with Gasteiger partial charge in [0.05, 0.1) is 0 Å². The molecule has 0 unspecified atom stereocenters. The molecule has 0 atom stereocenters. The Kier molecular flexibility index (Phi) is 3.32. The molecule has 3 saturated heterocycles. The lowest BCUT2D eigenvalue weighted by Gasteiger charge is -2.33. The first-order valence-corrected chi connectivity index (χ1v) is 9.48. The lowest BCUT2D eigenvalue weighted by molar-refractivity contribution is 0.104. The maximum atomic E-state index is 12.9. The van der Waals surface area contributed by atoms with E-state index in [1.807, 2.05) is 18.2 Å². The highest BCUT2D eigenvalue weighted by Gasteiger charge is 2.31. The summed E-state index contributed by atoms with van der Waals surface area (Å²) in [6, 6.07) is 13.1. The third kappa shape index (κ3) is 2.16. The first-order chi connectivity index (χ1) is 11.7. The molecule has 3 aliphatic heterocycles. The third-order valence-corrected chi connectivity index (χ3v) is 6.24. The van der Waals surface area contributed by atoms with Crippen molar-refractivity contribution < 1.29 is 4.79 Å². The molecule has 6 rings (SSSR count). The summed E-state index contributed by atoms with van der Waals surface area (Å²) >= 11 is 3.48. The zero-order chi connectivity index (χ0) is 16.3. The van der Waals surface area contributed by atoms with Crippen LogP contribution < -0.4 is 4.90 Å². The normalized spacial score (nSPS) is 24.7. The predicted octanol–water partition coefficient (Wildman–Crippen LogP) is 3.94. The van der Waals surface area contributed by atoms with Gasteiger partial charge in [0, 0.05) is 53.5 Å². The maximum absolute atomic E-state index is 12.9. The lowest BCUT2D eigenvalue weighted by atomic mass is 10.0. The summed E-state index contributed by atoms with van der Waals surface area (Å²) in [6.45, 7) is 4.62. The van der Waals surface area contributed by atoms with Crippen molar-refractivity contribution in [3.05, 3.63) is 52.0 Å². The molecule has 0 N–H and O–H groups in total. The van der Waals surface area contributed by atoms with E-state index < -0.39 is 0 Å². The third-order valence-electron chi connectivity index (χ3n) is 5.75. The van der Waals surface area contributed by atoms with Crippen LogP contribution in [0.4, 0.5) is 5.69 Å². The minimum absolute atomic E-state index is 0.158. The van der Waals surface area contributed by atoms with Crippen LogP contribution in [0.2, 0.25) is 0 Å². The quantitative estimate of drug-likeness (QED) is 0.636. The fourth-order valence-electron chi connectivity index (χ4n) is 4.44. The summed E-state index contributed by atoms with van der Waals surface area (Å²) in [5.41, 5.74) is 5.03.